The number of fused-ring (bicyclic) bond motifs is 1. The molecule has 0 aliphatic rings. The first-order valence-corrected chi connectivity index (χ1v) is 16.4. The molecule has 3 aromatic heterocycles. The lowest BCUT2D eigenvalue weighted by molar-refractivity contribution is -0.146. The number of carbonyl (C=O) groups is 1. The second-order valence-corrected chi connectivity index (χ2v) is 15.0. The zero-order chi connectivity index (χ0) is 31.5. The second kappa shape index (κ2) is 13.0. The number of rotatable bonds is 12. The third-order valence-corrected chi connectivity index (χ3v) is 9.17. The fourth-order valence-corrected chi connectivity index (χ4v) is 6.82. The van der Waals surface area contributed by atoms with Crippen molar-refractivity contribution >= 4 is 40.0 Å². The van der Waals surface area contributed by atoms with E-state index >= 15 is 0 Å². The molecule has 5 rings (SSSR count). The van der Waals surface area contributed by atoms with Gasteiger partial charge in [-0.05, 0) is 56.7 Å². The number of carboxylic acids is 1. The van der Waals surface area contributed by atoms with E-state index in [0.717, 1.165) is 49.8 Å². The highest BCUT2D eigenvalue weighted by Gasteiger charge is 2.33. The van der Waals surface area contributed by atoms with Gasteiger partial charge in [0.2, 0.25) is 0 Å². The molecule has 230 valence electrons. The number of nitrogens with zero attached hydrogens (tertiary/aromatic N) is 3. The molecule has 3 heterocycles. The third-order valence-electron chi connectivity index (χ3n) is 7.14. The van der Waals surface area contributed by atoms with Gasteiger partial charge in [0.1, 0.15) is 12.4 Å². The van der Waals surface area contributed by atoms with Crippen molar-refractivity contribution in [1.29, 1.82) is 0 Å². The summed E-state index contributed by atoms with van der Waals surface area (Å²) in [6.07, 6.45) is 2.15. The third kappa shape index (κ3) is 7.45. The minimum atomic E-state index is -0.954. The molecule has 0 atom stereocenters. The topological polar surface area (TPSA) is 86.5 Å². The van der Waals surface area contributed by atoms with Crippen molar-refractivity contribution in [2.24, 2.45) is 5.41 Å². The fraction of sp³-hybridized carbons (Fsp3) is 0.343. The lowest BCUT2D eigenvalue weighted by Gasteiger charge is -2.24. The first kappa shape index (κ1) is 31.6. The molecule has 9 heteroatoms. The summed E-state index contributed by atoms with van der Waals surface area (Å²) < 4.78 is 13.9. The molecule has 0 fully saturated rings. The predicted molar refractivity (Wildman–Crippen MR) is 179 cm³/mol. The Labute approximate surface area is 267 Å². The number of ether oxygens (including phenoxy) is 2. The summed E-state index contributed by atoms with van der Waals surface area (Å²) in [7, 11) is 0. The van der Waals surface area contributed by atoms with E-state index in [9.17, 15) is 9.90 Å². The van der Waals surface area contributed by atoms with Crippen LogP contribution in [0.1, 0.15) is 58.5 Å². The minimum Gasteiger partial charge on any atom is -0.487 e. The van der Waals surface area contributed by atoms with Gasteiger partial charge in [0.25, 0.3) is 5.19 Å². The number of carboxylic acid groups (broad SMARTS) is 1. The molecule has 0 spiro atoms. The molecular formula is C35H39N3O4S2. The first-order chi connectivity index (χ1) is 20.9. The summed E-state index contributed by atoms with van der Waals surface area (Å²) in [6, 6.07) is 20.3. The van der Waals surface area contributed by atoms with E-state index in [4.69, 9.17) is 9.47 Å². The molecule has 5 aromatic rings. The highest BCUT2D eigenvalue weighted by atomic mass is 32.2. The predicted octanol–water partition coefficient (Wildman–Crippen LogP) is 8.73. The van der Waals surface area contributed by atoms with Crippen LogP contribution in [-0.4, -0.2) is 37.0 Å². The monoisotopic (exact) mass is 629 g/mol. The van der Waals surface area contributed by atoms with Crippen molar-refractivity contribution in [3.8, 4) is 22.2 Å². The second-order valence-electron chi connectivity index (χ2n) is 12.4. The summed E-state index contributed by atoms with van der Waals surface area (Å²) >= 11 is 3.26. The molecule has 0 aliphatic heterocycles. The zero-order valence-electron chi connectivity index (χ0n) is 26.1. The van der Waals surface area contributed by atoms with E-state index in [2.05, 4.69) is 71.7 Å². The zero-order valence-corrected chi connectivity index (χ0v) is 27.7. The van der Waals surface area contributed by atoms with E-state index in [1.165, 1.54) is 11.3 Å². The first-order valence-electron chi connectivity index (χ1n) is 14.7. The lowest BCUT2D eigenvalue weighted by atomic mass is 9.88. The molecule has 0 saturated heterocycles. The Morgan fingerprint density at radius 2 is 1.80 bits per heavy atom. The number of hydrogen-bond donors (Lipinski definition) is 1. The van der Waals surface area contributed by atoms with Crippen molar-refractivity contribution in [3.63, 3.8) is 0 Å². The van der Waals surface area contributed by atoms with Gasteiger partial charge >= 0.3 is 5.97 Å². The highest BCUT2D eigenvalue weighted by Crippen LogP contribution is 2.44. The van der Waals surface area contributed by atoms with Crippen LogP contribution < -0.4 is 9.47 Å². The van der Waals surface area contributed by atoms with Gasteiger partial charge in [-0.3, -0.25) is 9.78 Å². The van der Waals surface area contributed by atoms with Crippen molar-refractivity contribution in [3.05, 3.63) is 89.2 Å². The van der Waals surface area contributed by atoms with Crippen molar-refractivity contribution < 1.29 is 19.4 Å². The van der Waals surface area contributed by atoms with Gasteiger partial charge in [-0.15, -0.1) is 11.8 Å². The van der Waals surface area contributed by atoms with E-state index in [1.807, 2.05) is 36.6 Å². The average Bonchev–Trinajstić information content (AvgIpc) is 3.55. The van der Waals surface area contributed by atoms with E-state index < -0.39 is 11.4 Å². The molecule has 0 saturated carbocycles. The van der Waals surface area contributed by atoms with Crippen LogP contribution in [0.25, 0.3) is 22.2 Å². The number of pyridine rings is 1. The van der Waals surface area contributed by atoms with Crippen molar-refractivity contribution in [1.82, 2.24) is 14.5 Å². The molecular weight excluding hydrogens is 591 g/mol. The molecule has 0 unspecified atom stereocenters. The van der Waals surface area contributed by atoms with Crippen LogP contribution in [0.3, 0.4) is 0 Å². The Balaban J connectivity index is 1.56. The normalized spacial score (nSPS) is 12.0. The quantitative estimate of drug-likeness (QED) is 0.138. The van der Waals surface area contributed by atoms with Crippen LogP contribution in [-0.2, 0) is 24.4 Å². The average molecular weight is 630 g/mol. The van der Waals surface area contributed by atoms with Gasteiger partial charge in [0.05, 0.1) is 23.4 Å². The summed E-state index contributed by atoms with van der Waals surface area (Å²) in [6.45, 7) is 13.6. The molecule has 0 bridgehead atoms. The maximum absolute atomic E-state index is 12.3. The van der Waals surface area contributed by atoms with Gasteiger partial charge in [-0.25, -0.2) is 4.98 Å². The van der Waals surface area contributed by atoms with Crippen LogP contribution in [0.2, 0.25) is 0 Å². The Bertz CT molecular complexity index is 1740. The maximum Gasteiger partial charge on any atom is 0.309 e. The largest absolute Gasteiger partial charge is 0.487 e. The Hall–Kier alpha value is -3.82. The maximum atomic E-state index is 12.3. The Morgan fingerprint density at radius 1 is 1.02 bits per heavy atom. The summed E-state index contributed by atoms with van der Waals surface area (Å²) in [4.78, 5) is 22.4. The minimum absolute atomic E-state index is 0.0957. The van der Waals surface area contributed by atoms with Gasteiger partial charge < -0.3 is 19.1 Å². The van der Waals surface area contributed by atoms with E-state index in [1.54, 1.807) is 31.8 Å². The SMILES string of the molecule is CCOc1nc(-c2ccc(Cn3c(CC(C)(C)C(=O)O)c(SC(C)(C)C)c4cc(OCc5ccccn5)ccc43)cc2)cs1. The van der Waals surface area contributed by atoms with Crippen LogP contribution >= 0.6 is 23.1 Å². The fourth-order valence-electron chi connectivity index (χ4n) is 4.90. The molecule has 7 nitrogen and oxygen atoms in total. The molecule has 44 heavy (non-hydrogen) atoms. The van der Waals surface area contributed by atoms with Gasteiger partial charge in [-0.1, -0.05) is 62.4 Å². The summed E-state index contributed by atoms with van der Waals surface area (Å²) in [5.41, 5.74) is 4.99. The summed E-state index contributed by atoms with van der Waals surface area (Å²) in [5, 5.41) is 13.9. The van der Waals surface area contributed by atoms with Gasteiger partial charge in [-0.2, -0.15) is 0 Å². The Morgan fingerprint density at radius 3 is 2.45 bits per heavy atom. The van der Waals surface area contributed by atoms with E-state index in [-0.39, 0.29) is 4.75 Å². The number of benzene rings is 2. The number of thioether (sulfide) groups is 1. The number of aromatic nitrogens is 3. The Kier molecular flexibility index (Phi) is 9.37. The van der Waals surface area contributed by atoms with Crippen LogP contribution in [0.4, 0.5) is 0 Å². The van der Waals surface area contributed by atoms with Crippen molar-refractivity contribution in [2.45, 2.75) is 70.8 Å². The standard InChI is InChI=1S/C35H39N3O4S2/c1-7-41-33-37-28(22-43-33)24-13-11-23(12-14-24)20-38-29-16-15-26(42-21-25-10-8-9-17-36-25)18-27(29)31(44-34(2,3)4)30(38)19-35(5,6)32(39)40/h8-18,22H,7,19-21H2,1-6H3,(H,39,40). The molecule has 2 aromatic carbocycles. The van der Waals surface area contributed by atoms with Crippen LogP contribution in [0.5, 0.6) is 10.9 Å². The number of hydrogen-bond acceptors (Lipinski definition) is 7. The van der Waals surface area contributed by atoms with E-state index in [0.29, 0.717) is 31.4 Å². The molecule has 0 radical (unpaired) electrons. The smallest absolute Gasteiger partial charge is 0.309 e. The summed E-state index contributed by atoms with van der Waals surface area (Å²) in [5.74, 6) is -0.0708. The highest BCUT2D eigenvalue weighted by molar-refractivity contribution is 8.00. The molecule has 1 N–H and O–H groups in total. The van der Waals surface area contributed by atoms with Crippen LogP contribution in [0.15, 0.2) is 77.1 Å². The van der Waals surface area contributed by atoms with Crippen molar-refractivity contribution in [2.75, 3.05) is 6.61 Å². The van der Waals surface area contributed by atoms with Gasteiger partial charge in [0, 0.05) is 56.3 Å². The van der Waals surface area contributed by atoms with Gasteiger partial charge in [0.15, 0.2) is 0 Å². The lowest BCUT2D eigenvalue weighted by Crippen LogP contribution is -2.28. The number of thiazole rings is 1. The number of aliphatic carboxylic acids is 1. The molecule has 0 aliphatic carbocycles. The van der Waals surface area contributed by atoms with Crippen LogP contribution in [0, 0.1) is 5.41 Å². The molecule has 0 amide bonds.